The van der Waals surface area contributed by atoms with Gasteiger partial charge in [-0.05, 0) is 43.2 Å². The van der Waals surface area contributed by atoms with Crippen molar-refractivity contribution in [1.29, 1.82) is 0 Å². The molecule has 0 radical (unpaired) electrons. The van der Waals surface area contributed by atoms with Gasteiger partial charge in [0.1, 0.15) is 17.4 Å². The van der Waals surface area contributed by atoms with E-state index in [4.69, 9.17) is 9.79 Å². The molecule has 1 atom stereocenters. The molecule has 31 heavy (non-hydrogen) atoms. The molecule has 3 heterocycles. The number of pyridine rings is 1. The molecule has 1 amide bonds. The van der Waals surface area contributed by atoms with Crippen LogP contribution in [0.4, 0.5) is 15.9 Å². The molecule has 1 unspecified atom stereocenters. The molecule has 2 aromatic rings. The first-order valence-electron chi connectivity index (χ1n) is 9.99. The lowest BCUT2D eigenvalue weighted by Gasteiger charge is -2.37. The largest absolute Gasteiger partial charge is 0.524 e. The number of aryl methyl sites for hydroxylation is 1. The number of anilines is 2. The van der Waals surface area contributed by atoms with E-state index in [-0.39, 0.29) is 23.5 Å². The van der Waals surface area contributed by atoms with Gasteiger partial charge in [-0.3, -0.25) is 19.5 Å². The molecule has 0 spiro atoms. The van der Waals surface area contributed by atoms with E-state index in [1.807, 2.05) is 4.90 Å². The number of nitrogens with zero attached hydrogens (tertiary/aromatic N) is 4. The zero-order valence-corrected chi connectivity index (χ0v) is 17.9. The van der Waals surface area contributed by atoms with Crippen molar-refractivity contribution in [2.75, 3.05) is 42.5 Å². The van der Waals surface area contributed by atoms with Gasteiger partial charge in [0.2, 0.25) is 5.91 Å². The van der Waals surface area contributed by atoms with Crippen LogP contribution in [0.15, 0.2) is 36.5 Å². The van der Waals surface area contributed by atoms with Gasteiger partial charge in [0.25, 0.3) is 0 Å². The molecule has 2 fully saturated rings. The van der Waals surface area contributed by atoms with E-state index in [2.05, 4.69) is 14.4 Å². The van der Waals surface area contributed by atoms with Gasteiger partial charge in [-0.2, -0.15) is 0 Å². The molecule has 11 heteroatoms. The molecular weight excluding hydrogens is 426 g/mol. The Hall–Kier alpha value is -2.52. The van der Waals surface area contributed by atoms with Crippen LogP contribution >= 0.6 is 7.82 Å². The average molecular weight is 450 g/mol. The fraction of sp³-hybridized carbons (Fsp3) is 0.400. The maximum Gasteiger partial charge on any atom is 0.524 e. The van der Waals surface area contributed by atoms with Crippen LogP contribution in [0.25, 0.3) is 0 Å². The number of phosphoric acid groups is 1. The predicted octanol–water partition coefficient (Wildman–Crippen LogP) is 1.93. The Labute approximate surface area is 179 Å². The molecule has 166 valence electrons. The summed E-state index contributed by atoms with van der Waals surface area (Å²) in [5.41, 5.74) is 1.15. The van der Waals surface area contributed by atoms with Crippen molar-refractivity contribution in [2.45, 2.75) is 19.4 Å². The number of phosphoric ester groups is 1. The minimum atomic E-state index is -4.61. The van der Waals surface area contributed by atoms with Crippen molar-refractivity contribution in [3.63, 3.8) is 0 Å². The summed E-state index contributed by atoms with van der Waals surface area (Å²) < 4.78 is 29.3. The number of halogens is 1. The standard InChI is InChI=1S/C20H24FN4O5P/c1-14-2-3-15(12-17(14)21)25-7-6-18(20(25)26)23-8-10-24(11-9-23)19-5-4-16(13-22-19)30-31(27,28)29/h2-5,12-13,18H,6-11H2,1H3,(H2,27,28,29). The van der Waals surface area contributed by atoms with Crippen molar-refractivity contribution >= 4 is 25.2 Å². The molecule has 1 aromatic carbocycles. The highest BCUT2D eigenvalue weighted by Gasteiger charge is 2.38. The molecule has 2 aliphatic rings. The summed E-state index contributed by atoms with van der Waals surface area (Å²) in [4.78, 5) is 40.7. The highest BCUT2D eigenvalue weighted by molar-refractivity contribution is 7.46. The lowest BCUT2D eigenvalue weighted by Crippen LogP contribution is -2.52. The van der Waals surface area contributed by atoms with Gasteiger partial charge < -0.3 is 14.3 Å². The number of hydrogen-bond acceptors (Lipinski definition) is 6. The minimum absolute atomic E-state index is 0.0000875. The summed E-state index contributed by atoms with van der Waals surface area (Å²) in [7, 11) is -4.61. The number of aromatic nitrogens is 1. The van der Waals surface area contributed by atoms with E-state index in [1.165, 1.54) is 18.3 Å². The fourth-order valence-corrected chi connectivity index (χ4v) is 4.41. The van der Waals surface area contributed by atoms with Gasteiger partial charge >= 0.3 is 7.82 Å². The molecule has 1 aromatic heterocycles. The van der Waals surface area contributed by atoms with E-state index in [1.54, 1.807) is 30.0 Å². The lowest BCUT2D eigenvalue weighted by molar-refractivity contribution is -0.121. The van der Waals surface area contributed by atoms with Crippen molar-refractivity contribution in [1.82, 2.24) is 9.88 Å². The molecular formula is C20H24FN4O5P. The summed E-state index contributed by atoms with van der Waals surface area (Å²) in [6, 6.07) is 7.77. The first-order valence-corrected chi connectivity index (χ1v) is 11.5. The van der Waals surface area contributed by atoms with Gasteiger partial charge in [0.05, 0.1) is 12.2 Å². The van der Waals surface area contributed by atoms with Gasteiger partial charge in [-0.15, -0.1) is 0 Å². The van der Waals surface area contributed by atoms with Crippen LogP contribution < -0.4 is 14.3 Å². The Morgan fingerprint density at radius 3 is 2.48 bits per heavy atom. The van der Waals surface area contributed by atoms with Crippen molar-refractivity contribution in [3.05, 3.63) is 47.9 Å². The second-order valence-electron chi connectivity index (χ2n) is 7.68. The second-order valence-corrected chi connectivity index (χ2v) is 8.85. The van der Waals surface area contributed by atoms with Gasteiger partial charge in [0, 0.05) is 38.4 Å². The highest BCUT2D eigenvalue weighted by atomic mass is 31.2. The minimum Gasteiger partial charge on any atom is -0.403 e. The van der Waals surface area contributed by atoms with E-state index in [0.29, 0.717) is 56.2 Å². The van der Waals surface area contributed by atoms with E-state index < -0.39 is 7.82 Å². The number of hydrogen-bond donors (Lipinski definition) is 2. The third-order valence-electron chi connectivity index (χ3n) is 5.67. The van der Waals surface area contributed by atoms with Crippen LogP contribution in [0.3, 0.4) is 0 Å². The van der Waals surface area contributed by atoms with Crippen LogP contribution in [0, 0.1) is 12.7 Å². The monoisotopic (exact) mass is 450 g/mol. The van der Waals surface area contributed by atoms with Crippen LogP contribution in [0.5, 0.6) is 5.75 Å². The molecule has 0 aliphatic carbocycles. The normalized spacial score (nSPS) is 20.4. The smallest absolute Gasteiger partial charge is 0.403 e. The maximum atomic E-state index is 13.9. The topological polar surface area (TPSA) is 106 Å². The SMILES string of the molecule is Cc1ccc(N2CCC(N3CCN(c4ccc(OP(=O)(O)O)cn4)CC3)C2=O)cc1F. The van der Waals surface area contributed by atoms with E-state index in [9.17, 15) is 13.8 Å². The van der Waals surface area contributed by atoms with Crippen LogP contribution in [0.1, 0.15) is 12.0 Å². The Morgan fingerprint density at radius 2 is 1.87 bits per heavy atom. The number of rotatable bonds is 5. The Bertz CT molecular complexity index is 1010. The molecule has 4 rings (SSSR count). The van der Waals surface area contributed by atoms with Gasteiger partial charge in [-0.1, -0.05) is 6.07 Å². The second kappa shape index (κ2) is 8.55. The Morgan fingerprint density at radius 1 is 1.13 bits per heavy atom. The van der Waals surface area contributed by atoms with Crippen molar-refractivity contribution < 1.29 is 28.1 Å². The van der Waals surface area contributed by atoms with Gasteiger partial charge in [0.15, 0.2) is 0 Å². The summed E-state index contributed by atoms with van der Waals surface area (Å²) in [6.07, 6.45) is 1.97. The summed E-state index contributed by atoms with van der Waals surface area (Å²) in [6.45, 7) is 4.93. The highest BCUT2D eigenvalue weighted by Crippen LogP contribution is 2.37. The summed E-state index contributed by atoms with van der Waals surface area (Å²) in [5, 5.41) is 0. The first-order chi connectivity index (χ1) is 14.7. The Balaban J connectivity index is 1.35. The number of carbonyl (C=O) groups is 1. The fourth-order valence-electron chi connectivity index (χ4n) is 4.02. The third kappa shape index (κ3) is 4.88. The number of piperazine rings is 1. The molecule has 0 bridgehead atoms. The predicted molar refractivity (Wildman–Crippen MR) is 113 cm³/mol. The first kappa shape index (κ1) is 21.7. The van der Waals surface area contributed by atoms with Crippen molar-refractivity contribution in [3.8, 4) is 5.75 Å². The zero-order valence-electron chi connectivity index (χ0n) is 17.0. The molecule has 2 N–H and O–H groups in total. The molecule has 2 saturated heterocycles. The molecule has 9 nitrogen and oxygen atoms in total. The quantitative estimate of drug-likeness (QED) is 0.666. The van der Waals surface area contributed by atoms with Gasteiger partial charge in [-0.25, -0.2) is 13.9 Å². The van der Waals surface area contributed by atoms with Crippen LogP contribution in [-0.2, 0) is 9.36 Å². The third-order valence-corrected chi connectivity index (χ3v) is 6.12. The summed E-state index contributed by atoms with van der Waals surface area (Å²) in [5.74, 6) is 0.355. The maximum absolute atomic E-state index is 13.9. The Kier molecular flexibility index (Phi) is 5.98. The molecule has 0 saturated carbocycles. The van der Waals surface area contributed by atoms with Crippen LogP contribution in [0.2, 0.25) is 0 Å². The number of amides is 1. The molecule has 2 aliphatic heterocycles. The zero-order chi connectivity index (χ0) is 22.2. The van der Waals surface area contributed by atoms with E-state index in [0.717, 1.165) is 0 Å². The summed E-state index contributed by atoms with van der Waals surface area (Å²) >= 11 is 0. The average Bonchev–Trinajstić information content (AvgIpc) is 3.11. The lowest BCUT2D eigenvalue weighted by atomic mass is 10.1. The van der Waals surface area contributed by atoms with Crippen molar-refractivity contribution in [2.24, 2.45) is 0 Å². The van der Waals surface area contributed by atoms with E-state index >= 15 is 0 Å². The van der Waals surface area contributed by atoms with Crippen LogP contribution in [-0.4, -0.2) is 64.3 Å². The number of benzene rings is 1. The number of carbonyl (C=O) groups excluding carboxylic acids is 1.